The van der Waals surface area contributed by atoms with Crippen LogP contribution >= 0.6 is 0 Å². The standard InChI is InChI=1S/C22H31N3O4/c1-22(2,3)24(21(27)28)25(13-6-5-7-14-25)15-12-23-19-16-18(29-4)10-8-17(19)9-11-20(23)26/h8-11,16H,5-7,12-15H2,1-4H3/p+1. The van der Waals surface area contributed by atoms with Gasteiger partial charge >= 0.3 is 6.09 Å². The van der Waals surface area contributed by atoms with E-state index in [0.29, 0.717) is 23.4 Å². The maximum Gasteiger partial charge on any atom is 0.452 e. The van der Waals surface area contributed by atoms with E-state index in [4.69, 9.17) is 4.74 Å². The minimum absolute atomic E-state index is 0.0847. The molecule has 0 spiro atoms. The minimum atomic E-state index is -0.911. The molecule has 158 valence electrons. The molecule has 0 bridgehead atoms. The number of piperidine rings is 1. The smallest absolute Gasteiger partial charge is 0.452 e. The van der Waals surface area contributed by atoms with E-state index < -0.39 is 11.6 Å². The van der Waals surface area contributed by atoms with Crippen LogP contribution in [0.1, 0.15) is 40.0 Å². The average Bonchev–Trinajstić information content (AvgIpc) is 2.66. The third-order valence-electron chi connectivity index (χ3n) is 5.83. The Hall–Kier alpha value is -2.54. The molecule has 1 fully saturated rings. The first-order valence-electron chi connectivity index (χ1n) is 10.3. The number of hydrogen-bond acceptors (Lipinski definition) is 3. The fourth-order valence-electron chi connectivity index (χ4n) is 4.64. The van der Waals surface area contributed by atoms with Crippen molar-refractivity contribution >= 4 is 17.0 Å². The van der Waals surface area contributed by atoms with Crippen LogP contribution in [0.2, 0.25) is 0 Å². The summed E-state index contributed by atoms with van der Waals surface area (Å²) in [5.41, 5.74) is 0.194. The van der Waals surface area contributed by atoms with Gasteiger partial charge in [-0.15, -0.1) is 5.01 Å². The first-order valence-corrected chi connectivity index (χ1v) is 10.3. The van der Waals surface area contributed by atoms with Gasteiger partial charge in [0, 0.05) is 12.1 Å². The first kappa shape index (κ1) is 21.2. The zero-order valence-electron chi connectivity index (χ0n) is 17.9. The lowest BCUT2D eigenvalue weighted by molar-refractivity contribution is -1.03. The highest BCUT2D eigenvalue weighted by Gasteiger charge is 2.46. The van der Waals surface area contributed by atoms with Gasteiger partial charge < -0.3 is 14.4 Å². The van der Waals surface area contributed by atoms with Crippen molar-refractivity contribution in [3.05, 3.63) is 40.7 Å². The molecule has 1 N–H and O–H groups in total. The maximum atomic E-state index is 12.7. The number of carboxylic acid groups (broad SMARTS) is 1. The fourth-order valence-corrected chi connectivity index (χ4v) is 4.64. The highest BCUT2D eigenvalue weighted by Crippen LogP contribution is 2.29. The Morgan fingerprint density at radius 1 is 1.17 bits per heavy atom. The molecule has 2 heterocycles. The SMILES string of the molecule is COc1ccc2ccc(=O)n(CC[N+]3(N(C(=O)O)C(C)(C)C)CCCCC3)c2c1. The topological polar surface area (TPSA) is 71.8 Å². The van der Waals surface area contributed by atoms with Gasteiger partial charge in [0.2, 0.25) is 0 Å². The largest absolute Gasteiger partial charge is 0.497 e. The van der Waals surface area contributed by atoms with Crippen molar-refractivity contribution < 1.29 is 19.2 Å². The number of fused-ring (bicyclic) bond motifs is 1. The summed E-state index contributed by atoms with van der Waals surface area (Å²) in [5.74, 6) is 0.695. The number of ether oxygens (including phenoxy) is 1. The molecule has 1 amide bonds. The number of benzene rings is 1. The number of pyridine rings is 1. The quantitative estimate of drug-likeness (QED) is 0.774. The van der Waals surface area contributed by atoms with Crippen LogP contribution in [0, 0.1) is 0 Å². The molecule has 1 aromatic heterocycles. The second-order valence-corrected chi connectivity index (χ2v) is 8.84. The molecule has 2 aromatic rings. The van der Waals surface area contributed by atoms with Crippen molar-refractivity contribution in [1.29, 1.82) is 0 Å². The molecule has 0 unspecified atom stereocenters. The van der Waals surface area contributed by atoms with Gasteiger partial charge in [-0.25, -0.2) is 9.39 Å². The number of nitrogens with zero attached hydrogens (tertiary/aromatic N) is 3. The Labute approximate surface area is 171 Å². The summed E-state index contributed by atoms with van der Waals surface area (Å²) in [4.78, 5) is 24.9. The molecular formula is C22H32N3O4+. The van der Waals surface area contributed by atoms with E-state index in [1.54, 1.807) is 22.8 Å². The van der Waals surface area contributed by atoms with E-state index in [1.807, 2.05) is 45.0 Å². The summed E-state index contributed by atoms with van der Waals surface area (Å²) in [6.45, 7) is 8.35. The van der Waals surface area contributed by atoms with E-state index >= 15 is 0 Å². The molecule has 1 saturated heterocycles. The number of likely N-dealkylation sites (tertiary alicyclic amines) is 1. The molecule has 3 rings (SSSR count). The molecule has 0 aliphatic carbocycles. The number of methoxy groups -OCH3 is 1. The zero-order valence-corrected chi connectivity index (χ0v) is 17.9. The number of hydrogen-bond donors (Lipinski definition) is 1. The molecule has 29 heavy (non-hydrogen) atoms. The molecule has 1 aromatic carbocycles. The average molecular weight is 403 g/mol. The van der Waals surface area contributed by atoms with Crippen molar-refractivity contribution in [3.8, 4) is 5.75 Å². The van der Waals surface area contributed by atoms with Crippen molar-refractivity contribution in [3.63, 3.8) is 0 Å². The van der Waals surface area contributed by atoms with Gasteiger partial charge in [-0.3, -0.25) is 4.79 Å². The molecule has 7 heteroatoms. The summed E-state index contributed by atoms with van der Waals surface area (Å²) in [5, 5.41) is 12.6. The highest BCUT2D eigenvalue weighted by molar-refractivity contribution is 5.80. The lowest BCUT2D eigenvalue weighted by Gasteiger charge is -2.51. The highest BCUT2D eigenvalue weighted by atomic mass is 16.5. The summed E-state index contributed by atoms with van der Waals surface area (Å²) in [6.07, 6.45) is 2.17. The van der Waals surface area contributed by atoms with Crippen molar-refractivity contribution in [2.75, 3.05) is 26.7 Å². The van der Waals surface area contributed by atoms with Crippen LogP contribution in [0.25, 0.3) is 10.9 Å². The van der Waals surface area contributed by atoms with Crippen LogP contribution in [0.3, 0.4) is 0 Å². The number of rotatable bonds is 5. The summed E-state index contributed by atoms with van der Waals surface area (Å²) < 4.78 is 7.45. The van der Waals surface area contributed by atoms with Gasteiger partial charge in [0.25, 0.3) is 5.56 Å². The van der Waals surface area contributed by atoms with Gasteiger partial charge in [-0.2, -0.15) is 0 Å². The molecule has 0 saturated carbocycles. The molecular weight excluding hydrogens is 370 g/mol. The number of carbonyl (C=O) groups is 1. The second-order valence-electron chi connectivity index (χ2n) is 8.84. The van der Waals surface area contributed by atoms with Gasteiger partial charge in [0.05, 0.1) is 24.7 Å². The first-order chi connectivity index (χ1) is 13.7. The molecule has 7 nitrogen and oxygen atoms in total. The van der Waals surface area contributed by atoms with E-state index in [0.717, 1.165) is 43.3 Å². The van der Waals surface area contributed by atoms with E-state index in [-0.39, 0.29) is 5.56 Å². The maximum absolute atomic E-state index is 12.7. The zero-order chi connectivity index (χ0) is 21.2. The summed E-state index contributed by atoms with van der Waals surface area (Å²) in [6, 6.07) is 9.08. The van der Waals surface area contributed by atoms with Gasteiger partial charge in [-0.05, 0) is 63.6 Å². The van der Waals surface area contributed by atoms with Crippen molar-refractivity contribution in [1.82, 2.24) is 9.58 Å². The second kappa shape index (κ2) is 8.06. The van der Waals surface area contributed by atoms with Crippen LogP contribution in [0.4, 0.5) is 4.79 Å². The Balaban J connectivity index is 2.02. The summed E-state index contributed by atoms with van der Waals surface area (Å²) in [7, 11) is 1.61. The molecule has 0 radical (unpaired) electrons. The van der Waals surface area contributed by atoms with Crippen LogP contribution < -0.4 is 10.3 Å². The number of amides is 1. The van der Waals surface area contributed by atoms with Crippen LogP contribution in [0.15, 0.2) is 35.1 Å². The monoisotopic (exact) mass is 402 g/mol. The van der Waals surface area contributed by atoms with E-state index in [2.05, 4.69) is 0 Å². The lowest BCUT2D eigenvalue weighted by atomic mass is 10.1. The van der Waals surface area contributed by atoms with Crippen molar-refractivity contribution in [2.24, 2.45) is 0 Å². The van der Waals surface area contributed by atoms with Gasteiger partial charge in [0.15, 0.2) is 0 Å². The predicted molar refractivity (Wildman–Crippen MR) is 113 cm³/mol. The number of aromatic nitrogens is 1. The Bertz CT molecular complexity index is 939. The van der Waals surface area contributed by atoms with Gasteiger partial charge in [0.1, 0.15) is 25.4 Å². The Kier molecular flexibility index (Phi) is 5.89. The van der Waals surface area contributed by atoms with Crippen LogP contribution in [-0.2, 0) is 6.54 Å². The fraction of sp³-hybridized carbons (Fsp3) is 0.545. The van der Waals surface area contributed by atoms with Crippen LogP contribution in [0.5, 0.6) is 5.75 Å². The summed E-state index contributed by atoms with van der Waals surface area (Å²) >= 11 is 0. The van der Waals surface area contributed by atoms with Crippen molar-refractivity contribution in [2.45, 2.75) is 52.1 Å². The Morgan fingerprint density at radius 2 is 1.83 bits per heavy atom. The van der Waals surface area contributed by atoms with E-state index in [1.165, 1.54) is 0 Å². The molecule has 0 atom stereocenters. The predicted octanol–water partition coefficient (Wildman–Crippen LogP) is 3.70. The lowest BCUT2D eigenvalue weighted by Crippen LogP contribution is -2.70. The number of quaternary nitrogens is 1. The molecule has 1 aliphatic heterocycles. The normalized spacial score (nSPS) is 16.6. The molecule has 1 aliphatic rings. The third kappa shape index (κ3) is 4.24. The minimum Gasteiger partial charge on any atom is -0.497 e. The van der Waals surface area contributed by atoms with E-state index in [9.17, 15) is 14.7 Å². The van der Waals surface area contributed by atoms with Crippen LogP contribution in [-0.4, -0.2) is 57.7 Å². The van der Waals surface area contributed by atoms with Gasteiger partial charge in [-0.1, -0.05) is 0 Å². The third-order valence-corrected chi connectivity index (χ3v) is 5.83. The Morgan fingerprint density at radius 3 is 2.41 bits per heavy atom.